The summed E-state index contributed by atoms with van der Waals surface area (Å²) in [6.45, 7) is 17.5. The lowest BCUT2D eigenvalue weighted by Crippen LogP contribution is -2.47. The van der Waals surface area contributed by atoms with Crippen molar-refractivity contribution >= 4 is 34.2 Å². The quantitative estimate of drug-likeness (QED) is 0.492. The molecule has 2 aliphatic rings. The molecule has 2 fully saturated rings. The number of benzene rings is 1. The molecule has 0 radical (unpaired) electrons. The van der Waals surface area contributed by atoms with E-state index in [-0.39, 0.29) is 31.5 Å². The van der Waals surface area contributed by atoms with E-state index < -0.39 is 0 Å². The van der Waals surface area contributed by atoms with Gasteiger partial charge in [-0.1, -0.05) is 41.9 Å². The average molecular weight is 487 g/mol. The Hall–Kier alpha value is -0.635. The van der Waals surface area contributed by atoms with Gasteiger partial charge in [0, 0.05) is 43.7 Å². The molecule has 0 unspecified atom stereocenters. The van der Waals surface area contributed by atoms with Gasteiger partial charge in [0.15, 0.2) is 0 Å². The highest BCUT2D eigenvalue weighted by Gasteiger charge is 2.51. The summed E-state index contributed by atoms with van der Waals surface area (Å²) in [6, 6.07) is 8.53. The first-order valence-corrected chi connectivity index (χ1v) is 12.1. The Balaban J connectivity index is 0.000000673. The number of piperazine rings is 1. The fraction of sp³-hybridized carbons (Fsp3) is 0.727. The topological polar surface area (TPSA) is 65.4 Å². The summed E-state index contributed by atoms with van der Waals surface area (Å²) >= 11 is 3.00. The van der Waals surface area contributed by atoms with Gasteiger partial charge >= 0.3 is 7.12 Å². The predicted molar refractivity (Wildman–Crippen MR) is 130 cm³/mol. The zero-order valence-corrected chi connectivity index (χ0v) is 21.1. The second-order valence-electron chi connectivity index (χ2n) is 8.14. The summed E-state index contributed by atoms with van der Waals surface area (Å²) in [5, 5.41) is 17.5. The smallest absolute Gasteiger partial charge is 0.399 e. The van der Waals surface area contributed by atoms with Gasteiger partial charge in [0.05, 0.1) is 24.4 Å². The third-order valence-electron chi connectivity index (χ3n) is 5.66. The van der Waals surface area contributed by atoms with Crippen LogP contribution in [0.2, 0.25) is 0 Å². The van der Waals surface area contributed by atoms with E-state index in [9.17, 15) is 0 Å². The molecular formula is C22H40BBrN2O4. The molecule has 2 saturated heterocycles. The van der Waals surface area contributed by atoms with Crippen LogP contribution < -0.4 is 10.4 Å². The van der Waals surface area contributed by atoms with Crippen LogP contribution in [0.15, 0.2) is 24.3 Å². The van der Waals surface area contributed by atoms with Crippen molar-refractivity contribution in [2.75, 3.05) is 56.2 Å². The van der Waals surface area contributed by atoms with Gasteiger partial charge in [-0.05, 0) is 45.3 Å². The number of nitrogens with zero attached hydrogens (tertiary/aromatic N) is 2. The van der Waals surface area contributed by atoms with Crippen molar-refractivity contribution in [3.63, 3.8) is 0 Å². The maximum atomic E-state index is 9.03. The van der Waals surface area contributed by atoms with Crippen LogP contribution >= 0.6 is 15.9 Å². The predicted octanol–water partition coefficient (Wildman–Crippen LogP) is 2.50. The fourth-order valence-corrected chi connectivity index (χ4v) is 3.19. The Morgan fingerprint density at radius 3 is 1.77 bits per heavy atom. The van der Waals surface area contributed by atoms with E-state index in [0.717, 1.165) is 38.2 Å². The number of aliphatic hydroxyl groups is 2. The van der Waals surface area contributed by atoms with E-state index in [1.54, 1.807) is 0 Å². The molecule has 30 heavy (non-hydrogen) atoms. The summed E-state index contributed by atoms with van der Waals surface area (Å²) in [5.74, 6) is 0. The number of alkyl halides is 1. The number of aliphatic hydroxyl groups excluding tert-OH is 2. The lowest BCUT2D eigenvalue weighted by Gasteiger charge is -2.35. The lowest BCUT2D eigenvalue weighted by molar-refractivity contribution is 0.00578. The SMILES string of the molecule is CC.CC1(C)OB(c2ccc(N3CCN(CCO)CC3)cc2)OC1(C)C.OCCBr. The summed E-state index contributed by atoms with van der Waals surface area (Å²) < 4.78 is 12.2. The summed E-state index contributed by atoms with van der Waals surface area (Å²) in [5.41, 5.74) is 1.69. The van der Waals surface area contributed by atoms with Crippen molar-refractivity contribution in [3.05, 3.63) is 24.3 Å². The fourth-order valence-electron chi connectivity index (χ4n) is 3.19. The van der Waals surface area contributed by atoms with Crippen molar-refractivity contribution in [3.8, 4) is 0 Å². The Morgan fingerprint density at radius 2 is 1.37 bits per heavy atom. The standard InChI is InChI=1S/C18H29BN2O3.C2H5BrO.C2H6/c1-17(2)18(3,4)24-19(23-17)15-5-7-16(8-6-15)21-11-9-20(10-12-21)13-14-22;3-1-2-4;1-2/h5-8,22H,9-14H2,1-4H3;4H,1-2H2;1-2H3. The first-order valence-electron chi connectivity index (χ1n) is 10.9. The number of hydrogen-bond donors (Lipinski definition) is 2. The van der Waals surface area contributed by atoms with Crippen LogP contribution in [0, 0.1) is 0 Å². The molecule has 0 atom stereocenters. The highest BCUT2D eigenvalue weighted by molar-refractivity contribution is 9.09. The van der Waals surface area contributed by atoms with E-state index in [4.69, 9.17) is 19.5 Å². The highest BCUT2D eigenvalue weighted by atomic mass is 79.9. The van der Waals surface area contributed by atoms with Crippen molar-refractivity contribution in [2.45, 2.75) is 52.7 Å². The summed E-state index contributed by atoms with van der Waals surface area (Å²) in [4.78, 5) is 4.69. The van der Waals surface area contributed by atoms with Crippen LogP contribution in [0.4, 0.5) is 5.69 Å². The number of anilines is 1. The molecule has 6 nitrogen and oxygen atoms in total. The molecule has 0 aliphatic carbocycles. The number of halogens is 1. The zero-order valence-electron chi connectivity index (χ0n) is 19.5. The first kappa shape index (κ1) is 27.4. The Morgan fingerprint density at radius 1 is 0.900 bits per heavy atom. The van der Waals surface area contributed by atoms with Crippen molar-refractivity contribution in [2.24, 2.45) is 0 Å². The molecule has 0 bridgehead atoms. The van der Waals surface area contributed by atoms with Gasteiger partial charge in [-0.25, -0.2) is 0 Å². The maximum Gasteiger partial charge on any atom is 0.494 e. The molecule has 0 saturated carbocycles. The molecule has 2 heterocycles. The van der Waals surface area contributed by atoms with Crippen LogP contribution in [0.5, 0.6) is 0 Å². The average Bonchev–Trinajstić information content (AvgIpc) is 2.98. The van der Waals surface area contributed by atoms with Crippen LogP contribution in [0.25, 0.3) is 0 Å². The molecule has 2 aliphatic heterocycles. The van der Waals surface area contributed by atoms with E-state index in [0.29, 0.717) is 5.33 Å². The molecule has 1 aromatic carbocycles. The van der Waals surface area contributed by atoms with Crippen LogP contribution in [0.3, 0.4) is 0 Å². The second kappa shape index (κ2) is 13.0. The van der Waals surface area contributed by atoms with Gasteiger partial charge in [-0.2, -0.15) is 0 Å². The van der Waals surface area contributed by atoms with E-state index >= 15 is 0 Å². The van der Waals surface area contributed by atoms with Crippen molar-refractivity contribution in [1.82, 2.24) is 4.90 Å². The van der Waals surface area contributed by atoms with Gasteiger partial charge in [-0.3, -0.25) is 4.90 Å². The molecule has 172 valence electrons. The second-order valence-corrected chi connectivity index (χ2v) is 8.94. The van der Waals surface area contributed by atoms with Gasteiger partial charge in [0.1, 0.15) is 0 Å². The monoisotopic (exact) mass is 486 g/mol. The number of rotatable bonds is 5. The Bertz CT molecular complexity index is 575. The van der Waals surface area contributed by atoms with E-state index in [1.165, 1.54) is 5.69 Å². The normalized spacial score (nSPS) is 20.2. The summed E-state index contributed by atoms with van der Waals surface area (Å²) in [6.07, 6.45) is 0. The Labute approximate surface area is 191 Å². The third kappa shape index (κ3) is 7.50. The molecule has 0 aromatic heterocycles. The van der Waals surface area contributed by atoms with Gasteiger partial charge in [-0.15, -0.1) is 0 Å². The van der Waals surface area contributed by atoms with Gasteiger partial charge in [0.25, 0.3) is 0 Å². The molecular weight excluding hydrogens is 447 g/mol. The molecule has 3 rings (SSSR count). The minimum absolute atomic E-state index is 0.236. The Kier molecular flexibility index (Phi) is 11.9. The maximum absolute atomic E-state index is 9.03. The van der Waals surface area contributed by atoms with Crippen LogP contribution in [0.1, 0.15) is 41.5 Å². The van der Waals surface area contributed by atoms with E-state index in [1.807, 2.05) is 13.8 Å². The number of hydrogen-bond acceptors (Lipinski definition) is 6. The minimum atomic E-state index is -0.306. The van der Waals surface area contributed by atoms with Gasteiger partial charge < -0.3 is 24.4 Å². The molecule has 0 amide bonds. The van der Waals surface area contributed by atoms with Crippen LogP contribution in [-0.2, 0) is 9.31 Å². The molecule has 8 heteroatoms. The third-order valence-corrected chi connectivity index (χ3v) is 6.01. The van der Waals surface area contributed by atoms with Crippen molar-refractivity contribution in [1.29, 1.82) is 0 Å². The van der Waals surface area contributed by atoms with Crippen LogP contribution in [-0.4, -0.2) is 84.7 Å². The molecule has 0 spiro atoms. The van der Waals surface area contributed by atoms with Crippen molar-refractivity contribution < 1.29 is 19.5 Å². The molecule has 1 aromatic rings. The lowest BCUT2D eigenvalue weighted by atomic mass is 9.79. The highest BCUT2D eigenvalue weighted by Crippen LogP contribution is 2.36. The first-order chi connectivity index (χ1) is 14.2. The zero-order chi connectivity index (χ0) is 22.8. The number of β-amino-alcohol motifs (C(OH)–C–C–N with tert-alkyl or cyclic N) is 1. The van der Waals surface area contributed by atoms with Gasteiger partial charge in [0.2, 0.25) is 0 Å². The largest absolute Gasteiger partial charge is 0.494 e. The minimum Gasteiger partial charge on any atom is -0.399 e. The molecule has 2 N–H and O–H groups in total. The van der Waals surface area contributed by atoms with E-state index in [2.05, 4.69) is 77.7 Å². The summed E-state index contributed by atoms with van der Waals surface area (Å²) in [7, 11) is -0.301.